The van der Waals surface area contributed by atoms with E-state index in [1.807, 2.05) is 0 Å². The van der Waals surface area contributed by atoms with Gasteiger partial charge in [-0.05, 0) is 25.2 Å². The third kappa shape index (κ3) is 9.39. The molecule has 0 aliphatic rings. The highest BCUT2D eigenvalue weighted by Gasteiger charge is 2.29. The van der Waals surface area contributed by atoms with Gasteiger partial charge >= 0.3 is 0 Å². The smallest absolute Gasteiger partial charge is 0.0177 e. The highest BCUT2D eigenvalue weighted by Crippen LogP contribution is 2.30. The van der Waals surface area contributed by atoms with E-state index >= 15 is 0 Å². The first kappa shape index (κ1) is 22.7. The molecule has 0 aromatic carbocycles. The molecular weight excluding hydrogens is 310 g/mol. The molecule has 2 heteroatoms. The predicted octanol–water partition coefficient (Wildman–Crippen LogP) is 6.64. The van der Waals surface area contributed by atoms with E-state index in [9.17, 15) is 0 Å². The van der Waals surface area contributed by atoms with Crippen molar-refractivity contribution in [1.82, 2.24) is 0 Å². The van der Waals surface area contributed by atoms with Crippen molar-refractivity contribution in [1.29, 1.82) is 0 Å². The molecule has 0 saturated carbocycles. The molecule has 0 spiro atoms. The second kappa shape index (κ2) is 14.4. The Morgan fingerprint density at radius 1 is 0.750 bits per heavy atom. The van der Waals surface area contributed by atoms with E-state index in [0.29, 0.717) is 0 Å². The van der Waals surface area contributed by atoms with Crippen molar-refractivity contribution in [2.75, 3.05) is 0 Å². The van der Waals surface area contributed by atoms with E-state index in [0.717, 1.165) is 18.8 Å². The average molecular weight is 350 g/mol. The number of hydrogen-bond acceptors (Lipinski definition) is 1. The summed E-state index contributed by atoms with van der Waals surface area (Å²) < 4.78 is 0. The highest BCUT2D eigenvalue weighted by atomic mass is 79.9. The Morgan fingerprint density at radius 3 is 1.60 bits per heavy atom. The lowest BCUT2D eigenvalue weighted by molar-refractivity contribution is 0.225. The van der Waals surface area contributed by atoms with E-state index in [1.165, 1.54) is 64.2 Å². The summed E-state index contributed by atoms with van der Waals surface area (Å²) in [6, 6.07) is 0. The minimum absolute atomic E-state index is 0. The SMILES string of the molecule is Br.CCCCCCCCCCC(CC)C(N)(CC)CC. The van der Waals surface area contributed by atoms with Crippen LogP contribution in [0.4, 0.5) is 0 Å². The Bertz CT molecular complexity index is 190. The molecular formula is C18H40BrN. The molecule has 0 radical (unpaired) electrons. The van der Waals surface area contributed by atoms with Crippen molar-refractivity contribution >= 4 is 17.0 Å². The lowest BCUT2D eigenvalue weighted by Crippen LogP contribution is -2.45. The van der Waals surface area contributed by atoms with Gasteiger partial charge in [-0.3, -0.25) is 0 Å². The van der Waals surface area contributed by atoms with Crippen LogP contribution in [0.15, 0.2) is 0 Å². The van der Waals surface area contributed by atoms with E-state index in [1.54, 1.807) is 0 Å². The lowest BCUT2D eigenvalue weighted by atomic mass is 9.76. The number of halogens is 1. The van der Waals surface area contributed by atoms with Crippen molar-refractivity contribution in [3.63, 3.8) is 0 Å². The van der Waals surface area contributed by atoms with Gasteiger partial charge in [0.1, 0.15) is 0 Å². The van der Waals surface area contributed by atoms with Crippen LogP contribution in [0, 0.1) is 5.92 Å². The van der Waals surface area contributed by atoms with Crippen LogP contribution in [0.5, 0.6) is 0 Å². The summed E-state index contributed by atoms with van der Waals surface area (Å²) in [6.07, 6.45) is 16.1. The lowest BCUT2D eigenvalue weighted by Gasteiger charge is -2.36. The second-order valence-corrected chi connectivity index (χ2v) is 6.31. The van der Waals surface area contributed by atoms with Gasteiger partial charge in [-0.1, -0.05) is 85.5 Å². The minimum Gasteiger partial charge on any atom is -0.325 e. The topological polar surface area (TPSA) is 26.0 Å². The normalized spacial score (nSPS) is 13.1. The Kier molecular flexibility index (Phi) is 16.3. The second-order valence-electron chi connectivity index (χ2n) is 6.31. The fourth-order valence-corrected chi connectivity index (χ4v) is 3.25. The van der Waals surface area contributed by atoms with E-state index in [4.69, 9.17) is 5.73 Å². The maximum atomic E-state index is 6.55. The van der Waals surface area contributed by atoms with E-state index in [2.05, 4.69) is 27.7 Å². The van der Waals surface area contributed by atoms with Gasteiger partial charge in [0.25, 0.3) is 0 Å². The molecule has 0 saturated heterocycles. The molecule has 0 aromatic rings. The first-order chi connectivity index (χ1) is 9.14. The summed E-state index contributed by atoms with van der Waals surface area (Å²) in [6.45, 7) is 9.09. The third-order valence-corrected chi connectivity index (χ3v) is 5.03. The molecule has 0 bridgehead atoms. The van der Waals surface area contributed by atoms with Crippen LogP contribution in [-0.2, 0) is 0 Å². The maximum Gasteiger partial charge on any atom is 0.0177 e. The molecule has 0 fully saturated rings. The summed E-state index contributed by atoms with van der Waals surface area (Å²) in [7, 11) is 0. The molecule has 0 amide bonds. The summed E-state index contributed by atoms with van der Waals surface area (Å²) in [5.41, 5.74) is 6.64. The Balaban J connectivity index is 0. The van der Waals surface area contributed by atoms with Gasteiger partial charge in [0.05, 0.1) is 0 Å². The number of nitrogens with two attached hydrogens (primary N) is 1. The van der Waals surface area contributed by atoms with Crippen molar-refractivity contribution < 1.29 is 0 Å². The number of unbranched alkanes of at least 4 members (excludes halogenated alkanes) is 7. The van der Waals surface area contributed by atoms with E-state index in [-0.39, 0.29) is 22.5 Å². The van der Waals surface area contributed by atoms with Crippen LogP contribution in [0.3, 0.4) is 0 Å². The van der Waals surface area contributed by atoms with Crippen molar-refractivity contribution in [3.8, 4) is 0 Å². The van der Waals surface area contributed by atoms with Crippen LogP contribution in [0.1, 0.15) is 105 Å². The third-order valence-electron chi connectivity index (χ3n) is 5.03. The fourth-order valence-electron chi connectivity index (χ4n) is 3.25. The zero-order valence-corrected chi connectivity index (χ0v) is 16.3. The summed E-state index contributed by atoms with van der Waals surface area (Å²) in [5.74, 6) is 0.725. The molecule has 0 aliphatic heterocycles. The summed E-state index contributed by atoms with van der Waals surface area (Å²) in [4.78, 5) is 0. The first-order valence-electron chi connectivity index (χ1n) is 8.93. The van der Waals surface area contributed by atoms with Crippen molar-refractivity contribution in [3.05, 3.63) is 0 Å². The van der Waals surface area contributed by atoms with Gasteiger partial charge in [-0.2, -0.15) is 0 Å². The molecule has 1 nitrogen and oxygen atoms in total. The van der Waals surface area contributed by atoms with Crippen LogP contribution in [0.2, 0.25) is 0 Å². The summed E-state index contributed by atoms with van der Waals surface area (Å²) >= 11 is 0. The van der Waals surface area contributed by atoms with Crippen LogP contribution in [0.25, 0.3) is 0 Å². The predicted molar refractivity (Wildman–Crippen MR) is 98.8 cm³/mol. The Hall–Kier alpha value is 0.440. The molecule has 0 aliphatic carbocycles. The van der Waals surface area contributed by atoms with Gasteiger partial charge < -0.3 is 5.73 Å². The van der Waals surface area contributed by atoms with Gasteiger partial charge in [0.15, 0.2) is 0 Å². The van der Waals surface area contributed by atoms with Gasteiger partial charge in [0, 0.05) is 5.54 Å². The number of hydrogen-bond donors (Lipinski definition) is 1. The molecule has 20 heavy (non-hydrogen) atoms. The van der Waals surface area contributed by atoms with Crippen molar-refractivity contribution in [2.24, 2.45) is 11.7 Å². The molecule has 1 unspecified atom stereocenters. The monoisotopic (exact) mass is 349 g/mol. The quantitative estimate of drug-likeness (QED) is 0.370. The maximum absolute atomic E-state index is 6.55. The molecule has 0 aromatic heterocycles. The molecule has 124 valence electrons. The molecule has 1 atom stereocenters. The molecule has 0 rings (SSSR count). The fraction of sp³-hybridized carbons (Fsp3) is 1.00. The minimum atomic E-state index is 0. The largest absolute Gasteiger partial charge is 0.325 e. The Labute approximate surface area is 139 Å². The van der Waals surface area contributed by atoms with Gasteiger partial charge in [0.2, 0.25) is 0 Å². The zero-order valence-electron chi connectivity index (χ0n) is 14.5. The van der Waals surface area contributed by atoms with Crippen LogP contribution < -0.4 is 5.73 Å². The number of rotatable bonds is 13. The first-order valence-corrected chi connectivity index (χ1v) is 8.93. The van der Waals surface area contributed by atoms with Crippen LogP contribution >= 0.6 is 17.0 Å². The Morgan fingerprint density at radius 2 is 1.20 bits per heavy atom. The van der Waals surface area contributed by atoms with Crippen molar-refractivity contribution in [2.45, 2.75) is 110 Å². The average Bonchev–Trinajstić information content (AvgIpc) is 2.45. The van der Waals surface area contributed by atoms with Gasteiger partial charge in [-0.25, -0.2) is 0 Å². The van der Waals surface area contributed by atoms with Crippen LogP contribution in [-0.4, -0.2) is 5.54 Å². The highest BCUT2D eigenvalue weighted by molar-refractivity contribution is 8.93. The molecule has 0 heterocycles. The zero-order chi connectivity index (χ0) is 14.6. The standard InChI is InChI=1S/C18H39N.BrH/c1-5-9-10-11-12-13-14-15-16-17(6-2)18(19,7-3)8-4;/h17H,5-16,19H2,1-4H3;1H. The summed E-state index contributed by atoms with van der Waals surface area (Å²) in [5, 5.41) is 0. The van der Waals surface area contributed by atoms with E-state index < -0.39 is 0 Å². The van der Waals surface area contributed by atoms with Gasteiger partial charge in [-0.15, -0.1) is 17.0 Å². The molecule has 2 N–H and O–H groups in total.